The molecule has 12 nitrogen and oxygen atoms in total. The lowest BCUT2D eigenvalue weighted by atomic mass is 9.59. The first-order valence-electron chi connectivity index (χ1n) is 18.9. The number of ether oxygens (including phenoxy) is 3. The SMILES string of the molecule is O=C(COc1ccc(Cl)c(F)c1)NC12CCC(NC(=O)COc3ccc(Cl)c(F)c3)(CC1)C(OC(=O)CCCOP(=O)(OCc1ccccc1)OCc1ccccc1)C2. The monoisotopic (exact) mass is 874 g/mol. The van der Waals surface area contributed by atoms with E-state index in [9.17, 15) is 27.7 Å². The molecule has 0 heterocycles. The molecule has 3 fully saturated rings. The number of phosphoric acid groups is 1. The zero-order valence-electron chi connectivity index (χ0n) is 31.8. The second-order valence-corrected chi connectivity index (χ2v) is 16.8. The van der Waals surface area contributed by atoms with Gasteiger partial charge in [0.25, 0.3) is 11.8 Å². The van der Waals surface area contributed by atoms with E-state index in [1.54, 1.807) is 0 Å². The number of rotatable bonds is 20. The van der Waals surface area contributed by atoms with Crippen LogP contribution in [0.25, 0.3) is 0 Å². The molecule has 314 valence electrons. The Hall–Kier alpha value is -4.56. The smallest absolute Gasteiger partial charge is 0.475 e. The van der Waals surface area contributed by atoms with Gasteiger partial charge in [0.2, 0.25) is 0 Å². The van der Waals surface area contributed by atoms with E-state index >= 15 is 0 Å². The molecule has 1 unspecified atom stereocenters. The third kappa shape index (κ3) is 12.5. The molecule has 0 saturated heterocycles. The van der Waals surface area contributed by atoms with E-state index in [1.165, 1.54) is 24.3 Å². The molecule has 2 N–H and O–H groups in total. The van der Waals surface area contributed by atoms with Crippen molar-refractivity contribution >= 4 is 48.8 Å². The first kappa shape index (κ1) is 44.0. The largest absolute Gasteiger partial charge is 0.484 e. The van der Waals surface area contributed by atoms with Gasteiger partial charge in [-0.15, -0.1) is 0 Å². The van der Waals surface area contributed by atoms with Crippen LogP contribution in [0, 0.1) is 11.6 Å². The summed E-state index contributed by atoms with van der Waals surface area (Å²) in [5.41, 5.74) is -0.291. The molecule has 0 radical (unpaired) electrons. The molecule has 2 amide bonds. The fraction of sp³-hybridized carbons (Fsp3) is 0.357. The van der Waals surface area contributed by atoms with Crippen LogP contribution in [0.2, 0.25) is 10.0 Å². The van der Waals surface area contributed by atoms with Crippen LogP contribution in [0.3, 0.4) is 0 Å². The molecule has 0 spiro atoms. The van der Waals surface area contributed by atoms with E-state index in [4.69, 9.17) is 51.0 Å². The van der Waals surface area contributed by atoms with Gasteiger partial charge in [-0.2, -0.15) is 0 Å². The molecule has 3 aliphatic carbocycles. The van der Waals surface area contributed by atoms with Gasteiger partial charge in [-0.1, -0.05) is 83.9 Å². The Morgan fingerprint density at radius 2 is 1.20 bits per heavy atom. The molecule has 0 aliphatic heterocycles. The molecule has 4 aromatic carbocycles. The number of benzene rings is 4. The predicted molar refractivity (Wildman–Crippen MR) is 214 cm³/mol. The summed E-state index contributed by atoms with van der Waals surface area (Å²) in [6.07, 6.45) is 0.760. The fourth-order valence-corrected chi connectivity index (χ4v) is 8.47. The van der Waals surface area contributed by atoms with Gasteiger partial charge >= 0.3 is 13.8 Å². The molecule has 3 aliphatic rings. The number of hydrogen-bond donors (Lipinski definition) is 2. The van der Waals surface area contributed by atoms with Crippen molar-refractivity contribution in [3.8, 4) is 11.5 Å². The van der Waals surface area contributed by atoms with Crippen molar-refractivity contribution in [1.29, 1.82) is 0 Å². The van der Waals surface area contributed by atoms with Gasteiger partial charge in [-0.05, 0) is 67.5 Å². The maximum atomic E-state index is 14.0. The fourth-order valence-electron chi connectivity index (χ4n) is 7.04. The number of hydrogen-bond acceptors (Lipinski definition) is 10. The first-order valence-corrected chi connectivity index (χ1v) is 21.1. The maximum absolute atomic E-state index is 14.0. The molecule has 7 rings (SSSR count). The molecule has 0 aromatic heterocycles. The van der Waals surface area contributed by atoms with E-state index in [0.717, 1.165) is 23.3 Å². The lowest BCUT2D eigenvalue weighted by Gasteiger charge is -2.57. The molecule has 4 aromatic rings. The van der Waals surface area contributed by atoms with Crippen LogP contribution in [0.5, 0.6) is 11.5 Å². The van der Waals surface area contributed by atoms with Crippen LogP contribution < -0.4 is 20.1 Å². The Morgan fingerprint density at radius 1 is 0.695 bits per heavy atom. The quantitative estimate of drug-likeness (QED) is 0.0502. The highest BCUT2D eigenvalue weighted by Crippen LogP contribution is 2.51. The summed E-state index contributed by atoms with van der Waals surface area (Å²) in [5.74, 6) is -2.79. The number of amides is 2. The minimum atomic E-state index is -4.08. The normalized spacial score (nSPS) is 19.8. The van der Waals surface area contributed by atoms with Crippen LogP contribution in [-0.4, -0.2) is 54.8 Å². The summed E-state index contributed by atoms with van der Waals surface area (Å²) in [6, 6.07) is 25.9. The predicted octanol–water partition coefficient (Wildman–Crippen LogP) is 8.67. The van der Waals surface area contributed by atoms with Gasteiger partial charge in [0.05, 0.1) is 35.4 Å². The number of halogens is 4. The standard InChI is InChI=1S/C42H43Cl2F2N2O10P/c43-33-15-13-31(22-35(33)45)53-27-38(49)47-41-17-19-42(20-18-41,48-39(50)28-54-32-14-16-34(44)36(46)23-32)37(24-41)58-40(51)12-7-21-55-59(52,56-25-29-8-3-1-4-9-29)57-26-30-10-5-2-6-11-30/h1-6,8-11,13-16,22-23,37H,7,12,17-21,24-28H2,(H,47,49)(H,48,50). The molecule has 1 atom stereocenters. The highest BCUT2D eigenvalue weighted by Gasteiger charge is 2.57. The van der Waals surface area contributed by atoms with E-state index in [-0.39, 0.29) is 60.6 Å². The van der Waals surface area contributed by atoms with Gasteiger partial charge < -0.3 is 24.8 Å². The molecule has 59 heavy (non-hydrogen) atoms. The van der Waals surface area contributed by atoms with Crippen molar-refractivity contribution in [1.82, 2.24) is 10.6 Å². The van der Waals surface area contributed by atoms with Gasteiger partial charge in [-0.25, -0.2) is 13.3 Å². The topological polar surface area (TPSA) is 148 Å². The zero-order chi connectivity index (χ0) is 41.9. The summed E-state index contributed by atoms with van der Waals surface area (Å²) in [7, 11) is -4.08. The van der Waals surface area contributed by atoms with Crippen molar-refractivity contribution in [3.63, 3.8) is 0 Å². The Balaban J connectivity index is 1.07. The Morgan fingerprint density at radius 3 is 1.71 bits per heavy atom. The van der Waals surface area contributed by atoms with Crippen LogP contribution >= 0.6 is 31.0 Å². The van der Waals surface area contributed by atoms with E-state index in [0.29, 0.717) is 25.7 Å². The number of nitrogens with one attached hydrogen (secondary N) is 2. The highest BCUT2D eigenvalue weighted by atomic mass is 35.5. The summed E-state index contributed by atoms with van der Waals surface area (Å²) in [6.45, 7) is -1.09. The maximum Gasteiger partial charge on any atom is 0.475 e. The van der Waals surface area contributed by atoms with Crippen LogP contribution in [0.4, 0.5) is 8.78 Å². The minimum absolute atomic E-state index is 0.0316. The second kappa shape index (κ2) is 20.1. The number of esters is 1. The molecule has 2 bridgehead atoms. The van der Waals surface area contributed by atoms with Crippen molar-refractivity contribution in [2.45, 2.75) is 75.3 Å². The van der Waals surface area contributed by atoms with Crippen molar-refractivity contribution < 1.29 is 55.5 Å². The number of phosphoric ester groups is 1. The highest BCUT2D eigenvalue weighted by molar-refractivity contribution is 7.48. The lowest BCUT2D eigenvalue weighted by Crippen LogP contribution is -2.71. The van der Waals surface area contributed by atoms with Crippen LogP contribution in [0.15, 0.2) is 97.1 Å². The van der Waals surface area contributed by atoms with E-state index in [1.807, 2.05) is 60.7 Å². The van der Waals surface area contributed by atoms with Gasteiger partial charge in [0, 0.05) is 30.5 Å². The van der Waals surface area contributed by atoms with Crippen LogP contribution in [0.1, 0.15) is 56.1 Å². The minimum Gasteiger partial charge on any atom is -0.484 e. The summed E-state index contributed by atoms with van der Waals surface area (Å²) in [5, 5.41) is 5.85. The summed E-state index contributed by atoms with van der Waals surface area (Å²) < 4.78 is 75.6. The lowest BCUT2D eigenvalue weighted by molar-refractivity contribution is -0.167. The van der Waals surface area contributed by atoms with Gasteiger partial charge in [0.15, 0.2) is 13.2 Å². The van der Waals surface area contributed by atoms with E-state index in [2.05, 4.69) is 10.6 Å². The molecular formula is C42H43Cl2F2N2O10P. The summed E-state index contributed by atoms with van der Waals surface area (Å²) in [4.78, 5) is 39.8. The Labute approximate surface area is 350 Å². The number of carbonyl (C=O) groups is 3. The van der Waals surface area contributed by atoms with Crippen molar-refractivity contribution in [3.05, 3.63) is 130 Å². The molecule has 17 heteroatoms. The van der Waals surface area contributed by atoms with Crippen molar-refractivity contribution in [2.75, 3.05) is 19.8 Å². The van der Waals surface area contributed by atoms with E-state index < -0.39 is 67.6 Å². The number of fused-ring (bicyclic) bond motifs is 3. The average Bonchev–Trinajstić information content (AvgIpc) is 3.23. The van der Waals surface area contributed by atoms with Crippen LogP contribution in [-0.2, 0) is 50.5 Å². The number of carbonyl (C=O) groups excluding carboxylic acids is 3. The molecule has 3 saturated carbocycles. The van der Waals surface area contributed by atoms with Crippen molar-refractivity contribution in [2.24, 2.45) is 0 Å². The third-order valence-corrected chi connectivity index (χ3v) is 12.1. The Kier molecular flexibility index (Phi) is 15.0. The van der Waals surface area contributed by atoms with Gasteiger partial charge in [-0.3, -0.25) is 28.0 Å². The molecular weight excluding hydrogens is 832 g/mol. The Bertz CT molecular complexity index is 2080. The average molecular weight is 876 g/mol. The van der Waals surface area contributed by atoms with Gasteiger partial charge in [0.1, 0.15) is 29.2 Å². The third-order valence-electron chi connectivity index (χ3n) is 10.1. The second-order valence-electron chi connectivity index (χ2n) is 14.3. The zero-order valence-corrected chi connectivity index (χ0v) is 34.2. The first-order chi connectivity index (χ1) is 28.3. The summed E-state index contributed by atoms with van der Waals surface area (Å²) >= 11 is 11.5.